The Morgan fingerprint density at radius 2 is 1.58 bits per heavy atom. The van der Waals surface area contributed by atoms with Crippen LogP contribution in [-0.4, -0.2) is 33.8 Å². The normalized spacial score (nSPS) is 13.2. The molecule has 3 aromatic carbocycles. The first kappa shape index (κ1) is 23.6. The maximum Gasteiger partial charge on any atom is 0.270 e. The van der Waals surface area contributed by atoms with Gasteiger partial charge < -0.3 is 10.1 Å². The van der Waals surface area contributed by atoms with Gasteiger partial charge in [-0.05, 0) is 29.7 Å². The van der Waals surface area contributed by atoms with Crippen LogP contribution in [0.4, 0.5) is 5.69 Å². The number of carbonyl (C=O) groups is 1. The first-order valence-electron chi connectivity index (χ1n) is 12.2. The van der Waals surface area contributed by atoms with Crippen LogP contribution >= 0.6 is 0 Å². The molecule has 0 bridgehead atoms. The Morgan fingerprint density at radius 3 is 2.28 bits per heavy atom. The van der Waals surface area contributed by atoms with Crippen LogP contribution in [0, 0.1) is 0 Å². The van der Waals surface area contributed by atoms with E-state index in [0.717, 1.165) is 29.9 Å². The Hall–Kier alpha value is -4.10. The Morgan fingerprint density at radius 1 is 0.889 bits per heavy atom. The van der Waals surface area contributed by atoms with E-state index in [9.17, 15) is 9.59 Å². The summed E-state index contributed by atoms with van der Waals surface area (Å²) < 4.78 is 8.84. The van der Waals surface area contributed by atoms with Crippen LogP contribution in [0.2, 0.25) is 0 Å². The first-order chi connectivity index (χ1) is 17.6. The third-order valence-corrected chi connectivity index (χ3v) is 6.57. The Balaban J connectivity index is 1.43. The second-order valence-electron chi connectivity index (χ2n) is 9.06. The highest BCUT2D eigenvalue weighted by molar-refractivity contribution is 5.90. The molecule has 0 aliphatic carbocycles. The molecule has 1 N–H and O–H groups in total. The van der Waals surface area contributed by atoms with E-state index >= 15 is 0 Å². The average Bonchev–Trinajstić information content (AvgIpc) is 3.15. The molecule has 5 rings (SSSR count). The number of nitrogens with zero attached hydrogens (tertiary/aromatic N) is 3. The van der Waals surface area contributed by atoms with Gasteiger partial charge in [-0.1, -0.05) is 66.7 Å². The molecule has 7 nitrogen and oxygen atoms in total. The van der Waals surface area contributed by atoms with Gasteiger partial charge in [0, 0.05) is 37.0 Å². The van der Waals surface area contributed by atoms with E-state index in [4.69, 9.17) is 4.74 Å². The van der Waals surface area contributed by atoms with Crippen molar-refractivity contribution in [1.82, 2.24) is 14.3 Å². The third kappa shape index (κ3) is 5.26. The molecule has 1 amide bonds. The van der Waals surface area contributed by atoms with Gasteiger partial charge in [0.1, 0.15) is 12.3 Å². The molecule has 0 radical (unpaired) electrons. The maximum absolute atomic E-state index is 13.5. The Bertz CT molecular complexity index is 1390. The van der Waals surface area contributed by atoms with Crippen molar-refractivity contribution in [3.05, 3.63) is 118 Å². The third-order valence-electron chi connectivity index (χ3n) is 6.57. The summed E-state index contributed by atoms with van der Waals surface area (Å²) in [7, 11) is 1.59. The number of carbonyl (C=O) groups excluding carboxylic acids is 1. The number of aromatic nitrogens is 2. The van der Waals surface area contributed by atoms with Gasteiger partial charge in [0.2, 0.25) is 5.91 Å². The lowest BCUT2D eigenvalue weighted by molar-refractivity contribution is -0.117. The molecule has 2 heterocycles. The zero-order valence-corrected chi connectivity index (χ0v) is 20.4. The monoisotopic (exact) mass is 482 g/mol. The van der Waals surface area contributed by atoms with Gasteiger partial charge in [-0.3, -0.25) is 19.2 Å². The number of benzene rings is 3. The van der Waals surface area contributed by atoms with Crippen LogP contribution in [0.1, 0.15) is 22.4 Å². The lowest BCUT2D eigenvalue weighted by Crippen LogP contribution is -2.32. The largest absolute Gasteiger partial charge is 0.497 e. The molecule has 4 aromatic rings. The van der Waals surface area contributed by atoms with Crippen molar-refractivity contribution in [1.29, 1.82) is 0 Å². The van der Waals surface area contributed by atoms with Crippen molar-refractivity contribution < 1.29 is 9.53 Å². The number of ether oxygens (including phenoxy) is 1. The van der Waals surface area contributed by atoms with Crippen molar-refractivity contribution >= 4 is 11.6 Å². The number of anilines is 1. The van der Waals surface area contributed by atoms with E-state index in [2.05, 4.69) is 22.3 Å². The van der Waals surface area contributed by atoms with Gasteiger partial charge in [0.05, 0.1) is 19.3 Å². The highest BCUT2D eigenvalue weighted by atomic mass is 16.5. The molecule has 1 aliphatic rings. The Labute approximate surface area is 210 Å². The molecule has 0 saturated heterocycles. The molecule has 0 saturated carbocycles. The summed E-state index contributed by atoms with van der Waals surface area (Å²) in [6, 6.07) is 27.6. The van der Waals surface area contributed by atoms with Crippen molar-refractivity contribution in [2.24, 2.45) is 0 Å². The van der Waals surface area contributed by atoms with E-state index in [-0.39, 0.29) is 18.0 Å². The number of methoxy groups -OCH3 is 1. The number of fused-ring (bicyclic) bond motifs is 1. The summed E-state index contributed by atoms with van der Waals surface area (Å²) in [5.74, 6) is 0.405. The van der Waals surface area contributed by atoms with Crippen LogP contribution in [0.3, 0.4) is 0 Å². The van der Waals surface area contributed by atoms with E-state index < -0.39 is 0 Å². The van der Waals surface area contributed by atoms with Gasteiger partial charge in [0.15, 0.2) is 0 Å². The quantitative estimate of drug-likeness (QED) is 0.414. The fraction of sp³-hybridized carbons (Fsp3) is 0.241. The highest BCUT2D eigenvalue weighted by Gasteiger charge is 2.27. The molecule has 0 atom stereocenters. The first-order valence-corrected chi connectivity index (χ1v) is 12.2. The number of hydrogen-bond donors (Lipinski definition) is 1. The highest BCUT2D eigenvalue weighted by Crippen LogP contribution is 2.21. The molecular formula is C29H30N4O3. The standard InChI is InChI=1S/C29H30N4O3/c1-36-25-14-8-13-24(17-25)30-28(34)21-33-29(35)26-15-16-31(18-22-9-4-2-5-10-22)20-27(26)32(33)19-23-11-6-3-7-12-23/h2-14,17H,15-16,18-21H2,1H3,(H,30,34). The molecular weight excluding hydrogens is 452 g/mol. The summed E-state index contributed by atoms with van der Waals surface area (Å²) in [6.45, 7) is 2.76. The predicted octanol–water partition coefficient (Wildman–Crippen LogP) is 3.90. The van der Waals surface area contributed by atoms with E-state index in [1.54, 1.807) is 23.9 Å². The molecule has 1 aliphatic heterocycles. The molecule has 0 spiro atoms. The molecule has 1 aromatic heterocycles. The van der Waals surface area contributed by atoms with Crippen LogP contribution in [-0.2, 0) is 37.4 Å². The lowest BCUT2D eigenvalue weighted by Gasteiger charge is -2.28. The van der Waals surface area contributed by atoms with Gasteiger partial charge in [-0.15, -0.1) is 0 Å². The molecule has 0 fully saturated rings. The van der Waals surface area contributed by atoms with Crippen molar-refractivity contribution in [2.75, 3.05) is 19.0 Å². The summed E-state index contributed by atoms with van der Waals surface area (Å²) in [5, 5.41) is 2.90. The molecule has 184 valence electrons. The summed E-state index contributed by atoms with van der Waals surface area (Å²) in [4.78, 5) is 28.9. The van der Waals surface area contributed by atoms with E-state index in [1.165, 1.54) is 5.56 Å². The molecule has 7 heteroatoms. The van der Waals surface area contributed by atoms with Crippen molar-refractivity contribution in [3.8, 4) is 5.75 Å². The van der Waals surface area contributed by atoms with Gasteiger partial charge in [-0.25, -0.2) is 4.68 Å². The maximum atomic E-state index is 13.5. The SMILES string of the molecule is COc1cccc(NC(=O)Cn2c(=O)c3c(n2Cc2ccccc2)CN(Cc2ccccc2)CC3)c1. The lowest BCUT2D eigenvalue weighted by atomic mass is 10.1. The predicted molar refractivity (Wildman–Crippen MR) is 140 cm³/mol. The summed E-state index contributed by atoms with van der Waals surface area (Å²) >= 11 is 0. The van der Waals surface area contributed by atoms with Gasteiger partial charge in [0.25, 0.3) is 5.56 Å². The minimum absolute atomic E-state index is 0.0610. The number of hydrogen-bond acceptors (Lipinski definition) is 4. The number of nitrogens with one attached hydrogen (secondary N) is 1. The Kier molecular flexibility index (Phi) is 7.00. The van der Waals surface area contributed by atoms with Crippen LogP contribution < -0.4 is 15.6 Å². The van der Waals surface area contributed by atoms with E-state index in [0.29, 0.717) is 30.9 Å². The van der Waals surface area contributed by atoms with E-state index in [1.807, 2.05) is 65.3 Å². The number of rotatable bonds is 8. The second-order valence-corrected chi connectivity index (χ2v) is 9.06. The smallest absolute Gasteiger partial charge is 0.270 e. The fourth-order valence-corrected chi connectivity index (χ4v) is 4.79. The van der Waals surface area contributed by atoms with Crippen LogP contribution in [0.25, 0.3) is 0 Å². The summed E-state index contributed by atoms with van der Waals surface area (Å²) in [5.41, 5.74) is 4.67. The second kappa shape index (κ2) is 10.7. The average molecular weight is 483 g/mol. The molecule has 36 heavy (non-hydrogen) atoms. The molecule has 0 unspecified atom stereocenters. The summed E-state index contributed by atoms with van der Waals surface area (Å²) in [6.07, 6.45) is 0.667. The van der Waals surface area contributed by atoms with Crippen molar-refractivity contribution in [2.45, 2.75) is 32.6 Å². The van der Waals surface area contributed by atoms with Crippen LogP contribution in [0.15, 0.2) is 89.7 Å². The topological polar surface area (TPSA) is 68.5 Å². The van der Waals surface area contributed by atoms with Gasteiger partial charge in [-0.2, -0.15) is 0 Å². The minimum atomic E-state index is -0.254. The van der Waals surface area contributed by atoms with Gasteiger partial charge >= 0.3 is 0 Å². The minimum Gasteiger partial charge on any atom is -0.497 e. The zero-order chi connectivity index (χ0) is 24.9. The number of amides is 1. The van der Waals surface area contributed by atoms with Crippen molar-refractivity contribution in [3.63, 3.8) is 0 Å². The zero-order valence-electron chi connectivity index (χ0n) is 20.4. The van der Waals surface area contributed by atoms with Crippen LogP contribution in [0.5, 0.6) is 5.75 Å². The fourth-order valence-electron chi connectivity index (χ4n) is 4.79.